The quantitative estimate of drug-likeness (QED) is 0.0250. The van der Waals surface area contributed by atoms with Crippen molar-refractivity contribution in [3.05, 3.63) is 99.6 Å². The van der Waals surface area contributed by atoms with Crippen LogP contribution in [0.15, 0.2) is 60.7 Å². The molecule has 0 unspecified atom stereocenters. The summed E-state index contributed by atoms with van der Waals surface area (Å²) in [6.45, 7) is -12.1. The van der Waals surface area contributed by atoms with Crippen LogP contribution in [0.1, 0.15) is 99.8 Å². The first-order valence-corrected chi connectivity index (χ1v) is 35.0. The molecule has 11 nitrogen and oxygen atoms in total. The normalized spacial score (nSPS) is 15.5. The number of ether oxygens (including phenoxy) is 4. The minimum atomic E-state index is -9.29. The van der Waals surface area contributed by atoms with Gasteiger partial charge in [0.2, 0.25) is 0 Å². The van der Waals surface area contributed by atoms with Crippen molar-refractivity contribution in [3.8, 4) is 0 Å². The summed E-state index contributed by atoms with van der Waals surface area (Å²) in [5.41, 5.74) is -13.0. The van der Waals surface area contributed by atoms with Gasteiger partial charge in [0.1, 0.15) is 0 Å². The number of Topliss-reactive ketones (excluding diaryl/α,β-unsaturated/α-hetero) is 1. The molecule has 79 heteroatoms. The number of rotatable bonds is 46. The topological polar surface area (TPSA) is 151 Å². The molecule has 0 radical (unpaired) electrons. The van der Waals surface area contributed by atoms with Gasteiger partial charge in [0.25, 0.3) is 5.91 Å². The average Bonchev–Trinajstić information content (AvgIpc) is 0.704. The fourth-order valence-corrected chi connectivity index (χ4v) is 10.3. The lowest BCUT2D eigenvalue weighted by molar-refractivity contribution is -0.461. The number of amides is 1. The summed E-state index contributed by atoms with van der Waals surface area (Å²) in [6.07, 6.45) is -51.1. The number of hydrogen-bond acceptors (Lipinski definition) is 10. The van der Waals surface area contributed by atoms with Gasteiger partial charge in [-0.05, 0) is 60.5 Å². The third-order valence-corrected chi connectivity index (χ3v) is 19.0. The highest BCUT2D eigenvalue weighted by Crippen LogP contribution is 2.71. The molecule has 1 N–H and O–H groups in total. The number of alkyl halides is 68. The van der Waals surface area contributed by atoms with Crippen LogP contribution in [-0.2, 0) is 25.4 Å². The molecular formula is C66H31F68NO10. The molecule has 0 bridgehead atoms. The van der Waals surface area contributed by atoms with Gasteiger partial charge in [-0.2, -0.15) is 299 Å². The molecule has 836 valence electrons. The number of hydrogen-bond donors (Lipinski definition) is 1. The summed E-state index contributed by atoms with van der Waals surface area (Å²) >= 11 is 0. The van der Waals surface area contributed by atoms with Gasteiger partial charge in [0.15, 0.2) is 5.78 Å². The van der Waals surface area contributed by atoms with Crippen LogP contribution in [0, 0.1) is 0 Å². The number of anilines is 1. The summed E-state index contributed by atoms with van der Waals surface area (Å²) < 4.78 is 958. The maximum Gasteiger partial charge on any atom is 0.460 e. The summed E-state index contributed by atoms with van der Waals surface area (Å²) in [5, 5.41) is 1.36. The Hall–Kier alpha value is -10.1. The fraction of sp³-hybridized carbons (Fsp3) is 0.636. The number of nitrogens with one attached hydrogen (secondary N) is 1. The predicted octanol–water partition coefficient (Wildman–Crippen LogP) is 27.0. The third kappa shape index (κ3) is 20.5. The van der Waals surface area contributed by atoms with Gasteiger partial charge in [-0.15, -0.1) is 0 Å². The second kappa shape index (κ2) is 38.2. The average molecular weight is 2290 g/mol. The zero-order chi connectivity index (χ0) is 116. The molecule has 3 aromatic carbocycles. The second-order valence-corrected chi connectivity index (χ2v) is 28.8. The van der Waals surface area contributed by atoms with Gasteiger partial charge in [0.05, 0.1) is 74.4 Å². The summed E-state index contributed by atoms with van der Waals surface area (Å²) in [5.74, 6) is -261. The Labute approximate surface area is 747 Å². The Balaban J connectivity index is 2.25. The molecule has 0 fully saturated rings. The van der Waals surface area contributed by atoms with E-state index in [4.69, 9.17) is 0 Å². The molecule has 3 aromatic rings. The molecule has 3 rings (SSSR count). The van der Waals surface area contributed by atoms with Gasteiger partial charge in [-0.1, -0.05) is 12.1 Å². The Morgan fingerprint density at radius 1 is 0.193 bits per heavy atom. The van der Waals surface area contributed by atoms with Crippen molar-refractivity contribution in [2.75, 3.05) is 31.7 Å². The van der Waals surface area contributed by atoms with Crippen LogP contribution in [0.2, 0.25) is 0 Å². The van der Waals surface area contributed by atoms with Gasteiger partial charge >= 0.3 is 214 Å². The number of ketones is 1. The molecule has 0 aliphatic carbocycles. The highest BCUT2D eigenvalue weighted by Gasteiger charge is 3.01. The number of aryl methyl sites for hydroxylation is 1. The summed E-state index contributed by atoms with van der Waals surface area (Å²) in [4.78, 5) is 79.2. The van der Waals surface area contributed by atoms with E-state index >= 15 is 0 Å². The van der Waals surface area contributed by atoms with E-state index in [-0.39, 0.29) is 48.5 Å². The smallest absolute Gasteiger partial charge is 0.460 e. The predicted molar refractivity (Wildman–Crippen MR) is 322 cm³/mol. The minimum Gasteiger partial charge on any atom is -0.462 e. The van der Waals surface area contributed by atoms with Crippen LogP contribution in [0.25, 0.3) is 0 Å². The van der Waals surface area contributed by atoms with Gasteiger partial charge in [0, 0.05) is 23.2 Å². The molecule has 145 heavy (non-hydrogen) atoms. The maximum absolute atomic E-state index is 14.8. The van der Waals surface area contributed by atoms with E-state index in [9.17, 15) is 327 Å². The molecular weight excluding hydrogens is 2260 g/mol. The van der Waals surface area contributed by atoms with Crippen molar-refractivity contribution in [3.63, 3.8) is 0 Å². The molecule has 0 atom stereocenters. The van der Waals surface area contributed by atoms with E-state index in [0.717, 1.165) is 0 Å². The number of halogens is 68. The Bertz CT molecular complexity index is 4900. The van der Waals surface area contributed by atoms with E-state index < -0.39 is 348 Å². The lowest BCUT2D eigenvalue weighted by atomic mass is 9.88. The van der Waals surface area contributed by atoms with Crippen LogP contribution in [-0.4, -0.2) is 253 Å². The third-order valence-electron chi connectivity index (χ3n) is 19.0. The Morgan fingerprint density at radius 2 is 0.352 bits per heavy atom. The van der Waals surface area contributed by atoms with E-state index in [1.807, 2.05) is 0 Å². The lowest BCUT2D eigenvalue weighted by Crippen LogP contribution is -2.74. The molecule has 0 saturated heterocycles. The van der Waals surface area contributed by atoms with Crippen molar-refractivity contribution in [2.24, 2.45) is 0 Å². The highest BCUT2D eigenvalue weighted by atomic mass is 19.5. The first kappa shape index (κ1) is 129. The SMILES string of the molecule is O=C(CCc1cc(C(=O)OCCC(F)(F)C(F)(F)C(F)(F)C(F)(F)C(F)(F)C(F)(F)C(F)(F)C(F)(F)F)cc(C(=O)OCCC(F)(F)C(F)(F)C(F)(F)C(F)(F)C(F)(F)C(F)(F)C(F)(F)C(F)(F)F)c1)c1ccc(C(=O)Nc2cc(C(=O)OCCC(F)(F)C(F)(F)C(F)(F)C(F)(F)C(F)(F)C(F)(F)C(F)(F)C(F)(F)F)cc(C(=O)OCCC(F)(F)C(F)(F)C(F)(F)C(F)(F)C(F)(F)C(F)(F)C(F)(F)C(F)(F)F)c2)cc1. The van der Waals surface area contributed by atoms with Crippen molar-refractivity contribution in [1.29, 1.82) is 0 Å². The van der Waals surface area contributed by atoms with Crippen molar-refractivity contribution in [1.82, 2.24) is 0 Å². The lowest BCUT2D eigenvalue weighted by Gasteiger charge is -2.42. The van der Waals surface area contributed by atoms with Crippen molar-refractivity contribution in [2.45, 2.75) is 229 Å². The molecule has 0 spiro atoms. The van der Waals surface area contributed by atoms with Gasteiger partial charge in [-0.25, -0.2) is 19.2 Å². The number of carbonyl (C=O) groups excluding carboxylic acids is 6. The monoisotopic (exact) mass is 2290 g/mol. The van der Waals surface area contributed by atoms with Gasteiger partial charge in [-0.3, -0.25) is 9.59 Å². The molecule has 0 aliphatic heterocycles. The zero-order valence-electron chi connectivity index (χ0n) is 66.1. The number of esters is 4. The molecule has 0 aliphatic rings. The highest BCUT2D eigenvalue weighted by molar-refractivity contribution is 6.07. The first-order chi connectivity index (χ1) is 63.2. The van der Waals surface area contributed by atoms with E-state index in [0.29, 0.717) is 0 Å². The molecule has 1 amide bonds. The Kier molecular flexibility index (Phi) is 34.0. The van der Waals surface area contributed by atoms with E-state index in [2.05, 4.69) is 18.9 Å². The van der Waals surface area contributed by atoms with E-state index in [1.54, 1.807) is 0 Å². The number of benzene rings is 3. The number of carbonyl (C=O) groups is 6. The molecule has 0 aromatic heterocycles. The largest absolute Gasteiger partial charge is 0.462 e. The standard InChI is InChI=1S/C66H31F68NO10/c67-35(68,39(75,76)43(83,84)47(91,92)51(99,100)55(107,108)59(115,116)63(123,124)125)7-11-142-31(138)24-15-21(16-25(17-24)32(139)143-12-8-36(69,70)40(77,78)44(85,86)48(93,94)52(101,102)56(109,110)60(117,118)64(126,127)128)1-6-29(136)22-2-4-23(5-3-22)30(137)135-28-19-26(33(140)144-13-9-37(71,72)41(79,80)45(87,88)49(95,96)53(103,104)57(111,112)61(119,120)65(129,130)131)18-27(20-28)34(141)145-14-10-38(73,74)42(81,82)46(89,90)50(97,98)54(105,106)58(113,114)62(121,122)66(132,133)134/h2-5,15-20H,1,6-14H2,(H,135,137). The molecule has 0 heterocycles. The first-order valence-electron chi connectivity index (χ1n) is 35.0. The van der Waals surface area contributed by atoms with Crippen molar-refractivity contribution >= 4 is 41.3 Å². The maximum atomic E-state index is 14.8. The molecule has 0 saturated carbocycles. The van der Waals surface area contributed by atoms with Crippen LogP contribution < -0.4 is 5.32 Å². The Morgan fingerprint density at radius 3 is 0.531 bits per heavy atom. The van der Waals surface area contributed by atoms with E-state index in [1.165, 1.54) is 5.32 Å². The minimum absolute atomic E-state index is 0.0914. The van der Waals surface area contributed by atoms with Crippen molar-refractivity contribution < 1.29 is 346 Å². The fourth-order valence-electron chi connectivity index (χ4n) is 10.3. The van der Waals surface area contributed by atoms with Crippen LogP contribution in [0.3, 0.4) is 0 Å². The van der Waals surface area contributed by atoms with Crippen LogP contribution in [0.4, 0.5) is 304 Å². The van der Waals surface area contributed by atoms with Crippen LogP contribution in [0.5, 0.6) is 0 Å². The van der Waals surface area contributed by atoms with Crippen LogP contribution >= 0.6 is 0 Å². The zero-order valence-corrected chi connectivity index (χ0v) is 66.1. The summed E-state index contributed by atoms with van der Waals surface area (Å²) in [7, 11) is 0. The van der Waals surface area contributed by atoms with Gasteiger partial charge < -0.3 is 24.3 Å². The second-order valence-electron chi connectivity index (χ2n) is 28.8. The summed E-state index contributed by atoms with van der Waals surface area (Å²) in [6, 6.07) is -0.818.